The number of hydrogen-bond donors (Lipinski definition) is 1. The summed E-state index contributed by atoms with van der Waals surface area (Å²) in [6, 6.07) is 3.97. The van der Waals surface area contributed by atoms with Gasteiger partial charge in [-0.1, -0.05) is 31.2 Å². The summed E-state index contributed by atoms with van der Waals surface area (Å²) in [5.74, 6) is 1.08. The van der Waals surface area contributed by atoms with Crippen molar-refractivity contribution in [2.45, 2.75) is 44.4 Å². The van der Waals surface area contributed by atoms with Gasteiger partial charge in [-0.25, -0.2) is 0 Å². The zero-order chi connectivity index (χ0) is 17.4. The minimum absolute atomic E-state index is 0.0135. The van der Waals surface area contributed by atoms with Crippen molar-refractivity contribution in [2.75, 3.05) is 5.75 Å². The number of rotatable bonds is 9. The van der Waals surface area contributed by atoms with Crippen LogP contribution in [-0.4, -0.2) is 37.5 Å². The molecule has 2 aromatic heterocycles. The van der Waals surface area contributed by atoms with Gasteiger partial charge in [-0.15, -0.1) is 16.8 Å². The third kappa shape index (κ3) is 4.92. The van der Waals surface area contributed by atoms with E-state index in [1.807, 2.05) is 23.6 Å². The average Bonchev–Trinajstić information content (AvgIpc) is 2.97. The minimum atomic E-state index is 0.0135. The van der Waals surface area contributed by atoms with Crippen LogP contribution >= 0.6 is 11.8 Å². The Morgan fingerprint density at radius 2 is 2.17 bits per heavy atom. The number of amides is 1. The molecule has 0 aliphatic rings. The van der Waals surface area contributed by atoms with Crippen LogP contribution in [-0.2, 0) is 11.3 Å². The highest BCUT2D eigenvalue weighted by Crippen LogP contribution is 2.23. The van der Waals surface area contributed by atoms with Gasteiger partial charge < -0.3 is 5.32 Å². The summed E-state index contributed by atoms with van der Waals surface area (Å²) in [6.45, 7) is 8.50. The normalized spacial score (nSPS) is 11.9. The molecule has 2 rings (SSSR count). The molecule has 0 aromatic carbocycles. The zero-order valence-electron chi connectivity index (χ0n) is 14.1. The van der Waals surface area contributed by atoms with Gasteiger partial charge in [0.05, 0.1) is 5.75 Å². The lowest BCUT2D eigenvalue weighted by Gasteiger charge is -2.12. The number of thioether (sulfide) groups is 1. The Balaban J connectivity index is 2.06. The topological polar surface area (TPSA) is 72.7 Å². The first kappa shape index (κ1) is 18.2. The van der Waals surface area contributed by atoms with Gasteiger partial charge in [0.25, 0.3) is 0 Å². The van der Waals surface area contributed by atoms with Crippen molar-refractivity contribution in [3.05, 3.63) is 37.2 Å². The Labute approximate surface area is 146 Å². The molecule has 0 spiro atoms. The van der Waals surface area contributed by atoms with Gasteiger partial charge in [-0.3, -0.25) is 14.3 Å². The van der Waals surface area contributed by atoms with Gasteiger partial charge in [-0.05, 0) is 25.5 Å². The van der Waals surface area contributed by atoms with Crippen molar-refractivity contribution in [1.29, 1.82) is 0 Å². The molecule has 0 aliphatic heterocycles. The van der Waals surface area contributed by atoms with E-state index < -0.39 is 0 Å². The van der Waals surface area contributed by atoms with Crippen LogP contribution in [0.5, 0.6) is 0 Å². The van der Waals surface area contributed by atoms with E-state index >= 15 is 0 Å². The number of allylic oxidation sites excluding steroid dienone is 1. The fourth-order valence-electron chi connectivity index (χ4n) is 2.36. The maximum atomic E-state index is 12.0. The van der Waals surface area contributed by atoms with Crippen molar-refractivity contribution in [3.63, 3.8) is 0 Å². The molecule has 24 heavy (non-hydrogen) atoms. The van der Waals surface area contributed by atoms with E-state index in [-0.39, 0.29) is 11.9 Å². The lowest BCUT2D eigenvalue weighted by Crippen LogP contribution is -2.33. The maximum Gasteiger partial charge on any atom is 0.230 e. The lowest BCUT2D eigenvalue weighted by atomic mass is 10.2. The smallest absolute Gasteiger partial charge is 0.230 e. The van der Waals surface area contributed by atoms with Crippen LogP contribution < -0.4 is 5.32 Å². The first-order valence-electron chi connectivity index (χ1n) is 8.02. The predicted octanol–water partition coefficient (Wildman–Crippen LogP) is 2.92. The van der Waals surface area contributed by atoms with Crippen LogP contribution in [0.2, 0.25) is 0 Å². The van der Waals surface area contributed by atoms with Crippen molar-refractivity contribution in [3.8, 4) is 11.4 Å². The van der Waals surface area contributed by atoms with Gasteiger partial charge >= 0.3 is 0 Å². The molecule has 1 atom stereocenters. The average molecular weight is 345 g/mol. The predicted molar refractivity (Wildman–Crippen MR) is 96.7 cm³/mol. The summed E-state index contributed by atoms with van der Waals surface area (Å²) in [6.07, 6.45) is 7.27. The molecule has 0 bridgehead atoms. The molecule has 0 aliphatic carbocycles. The van der Waals surface area contributed by atoms with E-state index in [0.717, 1.165) is 24.2 Å². The minimum Gasteiger partial charge on any atom is -0.353 e. The van der Waals surface area contributed by atoms with E-state index in [2.05, 4.69) is 34.0 Å². The highest BCUT2D eigenvalue weighted by atomic mass is 32.2. The van der Waals surface area contributed by atoms with E-state index in [1.165, 1.54) is 11.8 Å². The highest BCUT2D eigenvalue weighted by molar-refractivity contribution is 7.99. The van der Waals surface area contributed by atoms with Crippen LogP contribution in [0.25, 0.3) is 11.4 Å². The summed E-state index contributed by atoms with van der Waals surface area (Å²) in [4.78, 5) is 16.0. The molecule has 0 fully saturated rings. The summed E-state index contributed by atoms with van der Waals surface area (Å²) >= 11 is 1.38. The maximum absolute atomic E-state index is 12.0. The first-order chi connectivity index (χ1) is 11.7. The van der Waals surface area contributed by atoms with E-state index in [4.69, 9.17) is 0 Å². The standard InChI is InChI=1S/C17H23N5OS/c1-4-6-13(3)19-15(23)12-24-17-21-20-16(22(17)11-5-2)14-7-9-18-10-8-14/h5,7-10,13H,2,4,6,11-12H2,1,3H3,(H,19,23)/t13-/m0/s1. The molecule has 0 saturated carbocycles. The molecule has 7 heteroatoms. The largest absolute Gasteiger partial charge is 0.353 e. The molecule has 0 unspecified atom stereocenters. The van der Waals surface area contributed by atoms with Gasteiger partial charge in [0, 0.05) is 30.5 Å². The molecule has 128 valence electrons. The van der Waals surface area contributed by atoms with Crippen LogP contribution in [0.4, 0.5) is 0 Å². The van der Waals surface area contributed by atoms with Gasteiger partial charge in [0.15, 0.2) is 11.0 Å². The Hall–Kier alpha value is -2.15. The summed E-state index contributed by atoms with van der Waals surface area (Å²) in [7, 11) is 0. The Morgan fingerprint density at radius 3 is 2.83 bits per heavy atom. The summed E-state index contributed by atoms with van der Waals surface area (Å²) < 4.78 is 1.95. The number of hydrogen-bond acceptors (Lipinski definition) is 5. The molecule has 1 N–H and O–H groups in total. The molecular weight excluding hydrogens is 322 g/mol. The molecule has 1 amide bonds. The van der Waals surface area contributed by atoms with E-state index in [9.17, 15) is 4.79 Å². The van der Waals surface area contributed by atoms with Gasteiger partial charge in [0.1, 0.15) is 0 Å². The number of carbonyl (C=O) groups excluding carboxylic acids is 1. The van der Waals surface area contributed by atoms with Gasteiger partial charge in [-0.2, -0.15) is 0 Å². The quantitative estimate of drug-likeness (QED) is 0.559. The Morgan fingerprint density at radius 1 is 1.42 bits per heavy atom. The van der Waals surface area contributed by atoms with E-state index in [0.29, 0.717) is 17.5 Å². The number of nitrogens with zero attached hydrogens (tertiary/aromatic N) is 4. The Kier molecular flexibility index (Phi) is 6.99. The van der Waals surface area contributed by atoms with Crippen LogP contribution in [0.1, 0.15) is 26.7 Å². The third-order valence-electron chi connectivity index (χ3n) is 3.43. The van der Waals surface area contributed by atoms with Crippen LogP contribution in [0.15, 0.2) is 42.3 Å². The second-order valence-corrected chi connectivity index (χ2v) is 6.43. The fraction of sp³-hybridized carbons (Fsp3) is 0.412. The third-order valence-corrected chi connectivity index (χ3v) is 4.40. The van der Waals surface area contributed by atoms with E-state index in [1.54, 1.807) is 18.5 Å². The highest BCUT2D eigenvalue weighted by Gasteiger charge is 2.15. The van der Waals surface area contributed by atoms with Crippen molar-refractivity contribution in [2.24, 2.45) is 0 Å². The second kappa shape index (κ2) is 9.22. The van der Waals surface area contributed by atoms with Crippen molar-refractivity contribution in [1.82, 2.24) is 25.1 Å². The molecule has 2 heterocycles. The SMILES string of the molecule is C=CCn1c(SCC(=O)N[C@@H](C)CCC)nnc1-c1ccncc1. The van der Waals surface area contributed by atoms with Crippen LogP contribution in [0, 0.1) is 0 Å². The first-order valence-corrected chi connectivity index (χ1v) is 9.01. The molecule has 0 radical (unpaired) electrons. The number of aromatic nitrogens is 4. The molecule has 6 nitrogen and oxygen atoms in total. The summed E-state index contributed by atoms with van der Waals surface area (Å²) in [5, 5.41) is 12.2. The second-order valence-electron chi connectivity index (χ2n) is 5.49. The monoisotopic (exact) mass is 345 g/mol. The lowest BCUT2D eigenvalue weighted by molar-refractivity contribution is -0.119. The number of carbonyl (C=O) groups is 1. The molecule has 2 aromatic rings. The van der Waals surface area contributed by atoms with Crippen molar-refractivity contribution < 1.29 is 4.79 Å². The number of pyridine rings is 1. The van der Waals surface area contributed by atoms with Crippen LogP contribution in [0.3, 0.4) is 0 Å². The molecule has 0 saturated heterocycles. The Bertz CT molecular complexity index is 671. The zero-order valence-corrected chi connectivity index (χ0v) is 14.9. The summed E-state index contributed by atoms with van der Waals surface area (Å²) in [5.41, 5.74) is 0.937. The molecular formula is C17H23N5OS. The number of nitrogens with one attached hydrogen (secondary N) is 1. The van der Waals surface area contributed by atoms with Gasteiger partial charge in [0.2, 0.25) is 5.91 Å². The fourth-order valence-corrected chi connectivity index (χ4v) is 3.11. The van der Waals surface area contributed by atoms with Crippen molar-refractivity contribution >= 4 is 17.7 Å².